The van der Waals surface area contributed by atoms with Gasteiger partial charge in [0.1, 0.15) is 23.7 Å². The molecule has 1 aromatic rings. The first-order valence-corrected chi connectivity index (χ1v) is 10.9. The molecule has 1 aliphatic carbocycles. The van der Waals surface area contributed by atoms with Crippen LogP contribution >= 0.6 is 0 Å². The normalized spacial score (nSPS) is 25.6. The highest BCUT2D eigenvalue weighted by molar-refractivity contribution is 5.55. The van der Waals surface area contributed by atoms with E-state index in [1.165, 1.54) is 31.4 Å². The SMILES string of the molecule is CN1CC(C)(O)C1.O=CCc1c(F)cc(OCCC2CC2C2CCNCC2)cc1F. The quantitative estimate of drug-likeness (QED) is 0.659. The van der Waals surface area contributed by atoms with Crippen LogP contribution in [0.2, 0.25) is 0 Å². The van der Waals surface area contributed by atoms with Crippen LogP contribution in [0.5, 0.6) is 5.75 Å². The number of nitrogens with zero attached hydrogens (tertiary/aromatic N) is 1. The molecule has 2 aliphatic heterocycles. The Kier molecular flexibility index (Phi) is 7.82. The number of piperidine rings is 1. The summed E-state index contributed by atoms with van der Waals surface area (Å²) in [5, 5.41) is 12.4. The van der Waals surface area contributed by atoms with Crippen molar-refractivity contribution in [3.05, 3.63) is 29.3 Å². The van der Waals surface area contributed by atoms with Crippen molar-refractivity contribution in [1.82, 2.24) is 10.2 Å². The molecule has 0 aromatic heterocycles. The van der Waals surface area contributed by atoms with Gasteiger partial charge in [0.05, 0.1) is 12.2 Å². The topological polar surface area (TPSA) is 61.8 Å². The molecule has 0 bridgehead atoms. The van der Waals surface area contributed by atoms with Crippen molar-refractivity contribution in [3.8, 4) is 5.75 Å². The average Bonchev–Trinajstić information content (AvgIpc) is 3.44. The maximum absolute atomic E-state index is 13.7. The Balaban J connectivity index is 0.000000310. The van der Waals surface area contributed by atoms with Crippen LogP contribution in [0.1, 0.15) is 38.2 Å². The molecular weight excluding hydrogens is 390 g/mol. The van der Waals surface area contributed by atoms with Gasteiger partial charge in [-0.1, -0.05) is 0 Å². The number of hydrogen-bond donors (Lipinski definition) is 2. The van der Waals surface area contributed by atoms with Gasteiger partial charge in [-0.25, -0.2) is 8.78 Å². The van der Waals surface area contributed by atoms with Crippen molar-refractivity contribution in [2.75, 3.05) is 39.8 Å². The molecular formula is C23H34F2N2O3. The largest absolute Gasteiger partial charge is 0.493 e. The zero-order valence-electron chi connectivity index (χ0n) is 18.0. The lowest BCUT2D eigenvalue weighted by Crippen LogP contribution is -2.57. The molecule has 3 aliphatic rings. The summed E-state index contributed by atoms with van der Waals surface area (Å²) in [5.41, 5.74) is -0.574. The summed E-state index contributed by atoms with van der Waals surface area (Å²) in [7, 11) is 2.00. The second-order valence-corrected chi connectivity index (χ2v) is 9.29. The maximum Gasteiger partial charge on any atom is 0.133 e. The third-order valence-electron chi connectivity index (χ3n) is 6.35. The molecule has 5 nitrogen and oxygen atoms in total. The van der Waals surface area contributed by atoms with Gasteiger partial charge in [0.25, 0.3) is 0 Å². The van der Waals surface area contributed by atoms with Gasteiger partial charge in [-0.05, 0) is 70.5 Å². The maximum atomic E-state index is 13.7. The van der Waals surface area contributed by atoms with E-state index >= 15 is 0 Å². The van der Waals surface area contributed by atoms with Gasteiger partial charge in [-0.3, -0.25) is 0 Å². The summed E-state index contributed by atoms with van der Waals surface area (Å²) in [6, 6.07) is 2.33. The highest BCUT2D eigenvalue weighted by Gasteiger charge is 2.42. The Labute approximate surface area is 177 Å². The zero-order valence-corrected chi connectivity index (χ0v) is 18.0. The Hall–Kier alpha value is -1.57. The Morgan fingerprint density at radius 1 is 1.27 bits per heavy atom. The number of halogens is 2. The molecule has 30 heavy (non-hydrogen) atoms. The summed E-state index contributed by atoms with van der Waals surface area (Å²) in [6.45, 7) is 6.23. The molecule has 0 amide bonds. The van der Waals surface area contributed by atoms with Crippen LogP contribution in [0.4, 0.5) is 8.78 Å². The van der Waals surface area contributed by atoms with Gasteiger partial charge < -0.3 is 24.9 Å². The van der Waals surface area contributed by atoms with Crippen LogP contribution in [0.3, 0.4) is 0 Å². The molecule has 2 unspecified atom stereocenters. The number of benzene rings is 1. The number of aliphatic hydroxyl groups is 1. The molecule has 4 rings (SSSR count). The van der Waals surface area contributed by atoms with Crippen LogP contribution in [0, 0.1) is 29.4 Å². The van der Waals surface area contributed by atoms with Crippen molar-refractivity contribution in [3.63, 3.8) is 0 Å². The van der Waals surface area contributed by atoms with E-state index < -0.39 is 11.6 Å². The molecule has 0 spiro atoms. The van der Waals surface area contributed by atoms with Crippen molar-refractivity contribution in [1.29, 1.82) is 0 Å². The lowest BCUT2D eigenvalue weighted by molar-refractivity contribution is -0.107. The van der Waals surface area contributed by atoms with E-state index in [1.807, 2.05) is 14.0 Å². The minimum absolute atomic E-state index is 0.194. The molecule has 2 N–H and O–H groups in total. The highest BCUT2D eigenvalue weighted by Crippen LogP contribution is 2.49. The third kappa shape index (κ3) is 6.46. The van der Waals surface area contributed by atoms with Crippen LogP contribution in [0.15, 0.2) is 12.1 Å². The van der Waals surface area contributed by atoms with E-state index in [1.54, 1.807) is 0 Å². The standard InChI is InChI=1S/C18H23F2NO2.C5H11NO/c19-17-10-14(11-18(20)15(17)3-7-22)23-8-4-13-9-16(13)12-1-5-21-6-2-12;1-5(7)3-6(2)4-5/h7,10-13,16,21H,1-6,8-9H2;7H,3-4H2,1-2H3. The summed E-state index contributed by atoms with van der Waals surface area (Å²) in [6.07, 6.45) is 4.96. The number of nitrogens with one attached hydrogen (secondary N) is 1. The average molecular weight is 425 g/mol. The minimum Gasteiger partial charge on any atom is -0.493 e. The summed E-state index contributed by atoms with van der Waals surface area (Å²) in [5.74, 6) is 1.11. The zero-order chi connectivity index (χ0) is 21.7. The van der Waals surface area contributed by atoms with E-state index in [2.05, 4.69) is 10.2 Å². The van der Waals surface area contributed by atoms with E-state index in [4.69, 9.17) is 9.84 Å². The molecule has 7 heteroatoms. The van der Waals surface area contributed by atoms with Crippen molar-refractivity contribution < 1.29 is 23.4 Å². The van der Waals surface area contributed by atoms with Crippen molar-refractivity contribution in [2.45, 2.75) is 44.6 Å². The molecule has 168 valence electrons. The van der Waals surface area contributed by atoms with E-state index in [0.717, 1.165) is 44.4 Å². The first-order valence-electron chi connectivity index (χ1n) is 10.9. The lowest BCUT2D eigenvalue weighted by atomic mass is 9.91. The molecule has 1 aromatic carbocycles. The molecule has 2 heterocycles. The molecule has 2 atom stereocenters. The van der Waals surface area contributed by atoms with Crippen LogP contribution in [-0.4, -0.2) is 61.7 Å². The predicted octanol–water partition coefficient (Wildman–Crippen LogP) is 2.79. The van der Waals surface area contributed by atoms with Gasteiger partial charge in [0.15, 0.2) is 0 Å². The first kappa shape index (κ1) is 23.1. The number of hydrogen-bond acceptors (Lipinski definition) is 5. The number of aldehydes is 1. The smallest absolute Gasteiger partial charge is 0.133 e. The fourth-order valence-corrected chi connectivity index (χ4v) is 4.84. The van der Waals surface area contributed by atoms with E-state index in [-0.39, 0.29) is 23.3 Å². The number of rotatable bonds is 7. The fourth-order valence-electron chi connectivity index (χ4n) is 4.84. The number of likely N-dealkylation sites (N-methyl/N-ethyl adjacent to an activating group) is 1. The summed E-state index contributed by atoms with van der Waals surface area (Å²) in [4.78, 5) is 12.5. The number of ether oxygens (including phenoxy) is 1. The summed E-state index contributed by atoms with van der Waals surface area (Å²) >= 11 is 0. The summed E-state index contributed by atoms with van der Waals surface area (Å²) < 4.78 is 32.9. The first-order chi connectivity index (χ1) is 14.3. The van der Waals surface area contributed by atoms with Gasteiger partial charge in [-0.15, -0.1) is 0 Å². The van der Waals surface area contributed by atoms with Crippen molar-refractivity contribution in [2.24, 2.45) is 17.8 Å². The van der Waals surface area contributed by atoms with Gasteiger partial charge in [0, 0.05) is 37.2 Å². The predicted molar refractivity (Wildman–Crippen MR) is 112 cm³/mol. The number of likely N-dealkylation sites (tertiary alicyclic amines) is 1. The molecule has 0 radical (unpaired) electrons. The second kappa shape index (κ2) is 10.2. The molecule has 3 fully saturated rings. The van der Waals surface area contributed by atoms with Gasteiger partial charge >= 0.3 is 0 Å². The van der Waals surface area contributed by atoms with Gasteiger partial charge in [0.2, 0.25) is 0 Å². The Morgan fingerprint density at radius 3 is 2.40 bits per heavy atom. The molecule has 1 saturated carbocycles. The number of carbonyl (C=O) groups is 1. The van der Waals surface area contributed by atoms with Crippen LogP contribution < -0.4 is 10.1 Å². The lowest BCUT2D eigenvalue weighted by Gasteiger charge is -2.41. The van der Waals surface area contributed by atoms with Gasteiger partial charge in [-0.2, -0.15) is 0 Å². The number of β-amino-alcohol motifs (C(OH)–C–C–N with tert-alkyl or cyclic N) is 1. The third-order valence-corrected chi connectivity index (χ3v) is 6.35. The minimum atomic E-state index is -0.717. The number of carbonyl (C=O) groups excluding carboxylic acids is 1. The Bertz CT molecular complexity index is 691. The van der Waals surface area contributed by atoms with E-state index in [0.29, 0.717) is 18.8 Å². The monoisotopic (exact) mass is 424 g/mol. The van der Waals surface area contributed by atoms with Crippen LogP contribution in [-0.2, 0) is 11.2 Å². The van der Waals surface area contributed by atoms with E-state index in [9.17, 15) is 13.6 Å². The molecule has 2 saturated heterocycles. The Morgan fingerprint density at radius 2 is 1.90 bits per heavy atom. The highest BCUT2D eigenvalue weighted by atomic mass is 19.1. The second-order valence-electron chi connectivity index (χ2n) is 9.29. The van der Waals surface area contributed by atoms with Crippen LogP contribution in [0.25, 0.3) is 0 Å². The fraction of sp³-hybridized carbons (Fsp3) is 0.696. The van der Waals surface area contributed by atoms with Crippen molar-refractivity contribution >= 4 is 6.29 Å².